The molecule has 5 nitrogen and oxygen atoms in total. The zero-order valence-electron chi connectivity index (χ0n) is 13.6. The third-order valence-corrected chi connectivity index (χ3v) is 3.74. The van der Waals surface area contributed by atoms with E-state index in [9.17, 15) is 9.59 Å². The minimum absolute atomic E-state index is 0.0731. The number of amides is 2. The van der Waals surface area contributed by atoms with Crippen molar-refractivity contribution in [2.75, 3.05) is 13.1 Å². The Kier molecular flexibility index (Phi) is 5.16. The molecule has 1 aromatic heterocycles. The monoisotopic (exact) mass is 303 g/mol. The molecule has 1 aromatic rings. The van der Waals surface area contributed by atoms with E-state index in [0.717, 1.165) is 18.4 Å². The molecule has 0 saturated carbocycles. The first kappa shape index (κ1) is 16.5. The molecule has 1 fully saturated rings. The maximum Gasteiger partial charge on any atom is 0.240 e. The summed E-state index contributed by atoms with van der Waals surface area (Å²) < 4.78 is 0. The third-order valence-electron chi connectivity index (χ3n) is 3.74. The molecule has 0 bridgehead atoms. The average molecular weight is 303 g/mol. The first-order valence-corrected chi connectivity index (χ1v) is 7.82. The van der Waals surface area contributed by atoms with Crippen LogP contribution in [0.25, 0.3) is 0 Å². The Bertz CT molecular complexity index is 522. The first-order chi connectivity index (χ1) is 10.3. The molecule has 1 saturated heterocycles. The number of nitrogens with zero attached hydrogens (tertiary/aromatic N) is 2. The van der Waals surface area contributed by atoms with Crippen LogP contribution in [-0.4, -0.2) is 34.8 Å². The summed E-state index contributed by atoms with van der Waals surface area (Å²) in [6.45, 7) is 7.27. The van der Waals surface area contributed by atoms with Crippen molar-refractivity contribution in [3.63, 3.8) is 0 Å². The molecule has 0 aliphatic carbocycles. The van der Waals surface area contributed by atoms with Gasteiger partial charge in [-0.25, -0.2) is 0 Å². The second-order valence-electron chi connectivity index (χ2n) is 7.09. The second kappa shape index (κ2) is 6.90. The summed E-state index contributed by atoms with van der Waals surface area (Å²) in [6, 6.07) is 3.77. The van der Waals surface area contributed by atoms with E-state index in [4.69, 9.17) is 0 Å². The van der Waals surface area contributed by atoms with Gasteiger partial charge in [-0.1, -0.05) is 26.8 Å². The number of carbonyl (C=O) groups excluding carboxylic acids is 2. The van der Waals surface area contributed by atoms with Crippen LogP contribution < -0.4 is 5.32 Å². The van der Waals surface area contributed by atoms with Crippen LogP contribution >= 0.6 is 0 Å². The molecule has 0 unspecified atom stereocenters. The lowest BCUT2D eigenvalue weighted by atomic mass is 9.86. The SMILES string of the molecule is CC(C)(C)C[C@@H](NC(=O)CN1CCCC1=O)c1cccnc1. The van der Waals surface area contributed by atoms with Crippen LogP contribution in [0.4, 0.5) is 0 Å². The lowest BCUT2D eigenvalue weighted by molar-refractivity contribution is -0.133. The molecule has 120 valence electrons. The van der Waals surface area contributed by atoms with Gasteiger partial charge in [0.25, 0.3) is 0 Å². The molecular weight excluding hydrogens is 278 g/mol. The molecule has 1 atom stereocenters. The maximum atomic E-state index is 12.3. The van der Waals surface area contributed by atoms with Gasteiger partial charge in [0.2, 0.25) is 11.8 Å². The van der Waals surface area contributed by atoms with Crippen molar-refractivity contribution in [1.82, 2.24) is 15.2 Å². The molecule has 5 heteroatoms. The zero-order chi connectivity index (χ0) is 16.2. The highest BCUT2D eigenvalue weighted by molar-refractivity contribution is 5.86. The molecule has 1 aliphatic heterocycles. The van der Waals surface area contributed by atoms with Gasteiger partial charge in [-0.05, 0) is 29.9 Å². The Morgan fingerprint density at radius 3 is 2.77 bits per heavy atom. The molecule has 2 rings (SSSR count). The van der Waals surface area contributed by atoms with Gasteiger partial charge < -0.3 is 10.2 Å². The number of nitrogens with one attached hydrogen (secondary N) is 1. The fourth-order valence-corrected chi connectivity index (χ4v) is 2.73. The fourth-order valence-electron chi connectivity index (χ4n) is 2.73. The Hall–Kier alpha value is -1.91. The number of rotatable bonds is 5. The standard InChI is InChI=1S/C17H25N3O2/c1-17(2,3)10-14(13-6-4-8-18-11-13)19-15(21)12-20-9-5-7-16(20)22/h4,6,8,11,14H,5,7,9-10,12H2,1-3H3,(H,19,21)/t14-/m1/s1. The van der Waals surface area contributed by atoms with Crippen molar-refractivity contribution in [3.8, 4) is 0 Å². The summed E-state index contributed by atoms with van der Waals surface area (Å²) in [7, 11) is 0. The fraction of sp³-hybridized carbons (Fsp3) is 0.588. The number of hydrogen-bond donors (Lipinski definition) is 1. The van der Waals surface area contributed by atoms with E-state index in [2.05, 4.69) is 31.1 Å². The Labute approximate surface area is 132 Å². The molecule has 0 aromatic carbocycles. The summed E-state index contributed by atoms with van der Waals surface area (Å²) >= 11 is 0. The smallest absolute Gasteiger partial charge is 0.240 e. The molecule has 22 heavy (non-hydrogen) atoms. The molecule has 1 N–H and O–H groups in total. The summed E-state index contributed by atoms with van der Waals surface area (Å²) in [4.78, 5) is 29.7. The predicted octanol–water partition coefficient (Wildman–Crippen LogP) is 2.30. The Morgan fingerprint density at radius 2 is 2.23 bits per heavy atom. The topological polar surface area (TPSA) is 62.3 Å². The molecule has 2 heterocycles. The number of hydrogen-bond acceptors (Lipinski definition) is 3. The van der Waals surface area contributed by atoms with E-state index in [1.54, 1.807) is 17.3 Å². The van der Waals surface area contributed by atoms with Crippen molar-refractivity contribution in [1.29, 1.82) is 0 Å². The minimum Gasteiger partial charge on any atom is -0.348 e. The molecular formula is C17H25N3O2. The van der Waals surface area contributed by atoms with Gasteiger partial charge in [0.1, 0.15) is 0 Å². The highest BCUT2D eigenvalue weighted by Gasteiger charge is 2.26. The van der Waals surface area contributed by atoms with E-state index in [0.29, 0.717) is 13.0 Å². The van der Waals surface area contributed by atoms with Crippen molar-refractivity contribution in [3.05, 3.63) is 30.1 Å². The number of likely N-dealkylation sites (tertiary alicyclic amines) is 1. The van der Waals surface area contributed by atoms with Crippen LogP contribution in [-0.2, 0) is 9.59 Å². The Morgan fingerprint density at radius 1 is 1.45 bits per heavy atom. The Balaban J connectivity index is 2.02. The maximum absolute atomic E-state index is 12.3. The number of carbonyl (C=O) groups is 2. The van der Waals surface area contributed by atoms with Gasteiger partial charge in [0, 0.05) is 25.4 Å². The van der Waals surface area contributed by atoms with Crippen molar-refractivity contribution in [2.45, 2.75) is 46.1 Å². The molecule has 0 radical (unpaired) electrons. The highest BCUT2D eigenvalue weighted by atomic mass is 16.2. The molecule has 2 amide bonds. The van der Waals surface area contributed by atoms with Crippen LogP contribution in [0.5, 0.6) is 0 Å². The van der Waals surface area contributed by atoms with E-state index in [1.165, 1.54) is 0 Å². The van der Waals surface area contributed by atoms with E-state index < -0.39 is 0 Å². The largest absolute Gasteiger partial charge is 0.348 e. The van der Waals surface area contributed by atoms with Crippen LogP contribution in [0.15, 0.2) is 24.5 Å². The van der Waals surface area contributed by atoms with Gasteiger partial charge >= 0.3 is 0 Å². The van der Waals surface area contributed by atoms with Gasteiger partial charge in [-0.15, -0.1) is 0 Å². The summed E-state index contributed by atoms with van der Waals surface area (Å²) in [5.41, 5.74) is 1.08. The second-order valence-corrected chi connectivity index (χ2v) is 7.09. The van der Waals surface area contributed by atoms with Crippen molar-refractivity contribution in [2.24, 2.45) is 5.41 Å². The lowest BCUT2D eigenvalue weighted by Crippen LogP contribution is -2.40. The van der Waals surface area contributed by atoms with E-state index in [1.807, 2.05) is 12.1 Å². The van der Waals surface area contributed by atoms with E-state index >= 15 is 0 Å². The molecule has 1 aliphatic rings. The van der Waals surface area contributed by atoms with Crippen LogP contribution in [0.3, 0.4) is 0 Å². The zero-order valence-corrected chi connectivity index (χ0v) is 13.6. The molecule has 0 spiro atoms. The third kappa shape index (κ3) is 4.83. The highest BCUT2D eigenvalue weighted by Crippen LogP contribution is 2.29. The predicted molar refractivity (Wildman–Crippen MR) is 85.0 cm³/mol. The minimum atomic E-state index is -0.103. The summed E-state index contributed by atoms with van der Waals surface area (Å²) in [5.74, 6) is -0.0303. The van der Waals surface area contributed by atoms with Crippen molar-refractivity contribution < 1.29 is 9.59 Å². The van der Waals surface area contributed by atoms with Crippen molar-refractivity contribution >= 4 is 11.8 Å². The van der Waals surface area contributed by atoms with Crippen LogP contribution in [0.2, 0.25) is 0 Å². The summed E-state index contributed by atoms with van der Waals surface area (Å²) in [6.07, 6.45) is 5.74. The normalized spacial score (nSPS) is 16.7. The van der Waals surface area contributed by atoms with E-state index in [-0.39, 0.29) is 29.8 Å². The van der Waals surface area contributed by atoms with Gasteiger partial charge in [-0.2, -0.15) is 0 Å². The van der Waals surface area contributed by atoms with Gasteiger partial charge in [-0.3, -0.25) is 14.6 Å². The number of aromatic nitrogens is 1. The first-order valence-electron chi connectivity index (χ1n) is 7.82. The van der Waals surface area contributed by atoms with Crippen LogP contribution in [0, 0.1) is 5.41 Å². The quantitative estimate of drug-likeness (QED) is 0.908. The lowest BCUT2D eigenvalue weighted by Gasteiger charge is -2.27. The van der Waals surface area contributed by atoms with Crippen LogP contribution in [0.1, 0.15) is 51.6 Å². The summed E-state index contributed by atoms with van der Waals surface area (Å²) in [5, 5.41) is 3.06. The van der Waals surface area contributed by atoms with Gasteiger partial charge in [0.15, 0.2) is 0 Å². The van der Waals surface area contributed by atoms with Gasteiger partial charge in [0.05, 0.1) is 12.6 Å². The number of pyridine rings is 1. The average Bonchev–Trinajstić information content (AvgIpc) is 2.83.